The third kappa shape index (κ3) is 3.06. The maximum atomic E-state index is 12.9. The molecule has 2 heterocycles. The molecule has 5 nitrogen and oxygen atoms in total. The van der Waals surface area contributed by atoms with Crippen molar-refractivity contribution in [2.45, 2.75) is 51.5 Å². The Balaban J connectivity index is 1.56. The van der Waals surface area contributed by atoms with Gasteiger partial charge in [0.1, 0.15) is 0 Å². The molecule has 0 saturated carbocycles. The Bertz CT molecular complexity index is 862. The van der Waals surface area contributed by atoms with E-state index in [9.17, 15) is 9.59 Å². The number of likely N-dealkylation sites (tertiary alicyclic amines) is 1. The minimum Gasteiger partial charge on any atom is -0.452 e. The van der Waals surface area contributed by atoms with Crippen molar-refractivity contribution < 1.29 is 14.3 Å². The van der Waals surface area contributed by atoms with Crippen molar-refractivity contribution in [3.63, 3.8) is 0 Å². The number of piperidine rings is 1. The second kappa shape index (κ2) is 7.06. The fourth-order valence-corrected chi connectivity index (χ4v) is 4.20. The Kier molecular flexibility index (Phi) is 4.62. The zero-order valence-corrected chi connectivity index (χ0v) is 15.2. The summed E-state index contributed by atoms with van der Waals surface area (Å²) >= 11 is 0. The fraction of sp³-hybridized carbons (Fsp3) is 0.476. The van der Waals surface area contributed by atoms with Gasteiger partial charge in [-0.2, -0.15) is 0 Å². The number of fused-ring (bicyclic) bond motifs is 2. The number of aryl methyl sites for hydroxylation is 1. The molecule has 1 aromatic carbocycles. The Labute approximate surface area is 153 Å². The third-order valence-corrected chi connectivity index (χ3v) is 5.57. The first-order valence-electron chi connectivity index (χ1n) is 9.52. The van der Waals surface area contributed by atoms with Gasteiger partial charge < -0.3 is 9.64 Å². The first-order valence-corrected chi connectivity index (χ1v) is 9.52. The maximum Gasteiger partial charge on any atom is 0.339 e. The van der Waals surface area contributed by atoms with E-state index in [4.69, 9.17) is 9.72 Å². The number of rotatable bonds is 3. The average molecular weight is 352 g/mol. The Morgan fingerprint density at radius 3 is 2.88 bits per heavy atom. The molecule has 1 aromatic heterocycles. The van der Waals surface area contributed by atoms with Gasteiger partial charge in [-0.15, -0.1) is 0 Å². The zero-order chi connectivity index (χ0) is 18.1. The summed E-state index contributed by atoms with van der Waals surface area (Å²) in [6.45, 7) is 2.63. The lowest BCUT2D eigenvalue weighted by Crippen LogP contribution is -2.44. The number of esters is 1. The Morgan fingerprint density at radius 2 is 2.04 bits per heavy atom. The maximum absolute atomic E-state index is 12.9. The minimum atomic E-state index is -0.403. The number of benzene rings is 1. The lowest BCUT2D eigenvalue weighted by molar-refractivity contribution is -0.137. The number of amides is 1. The molecule has 1 aliphatic carbocycles. The molecule has 1 unspecified atom stereocenters. The summed E-state index contributed by atoms with van der Waals surface area (Å²) in [6.07, 6.45) is 5.93. The highest BCUT2D eigenvalue weighted by atomic mass is 16.5. The van der Waals surface area contributed by atoms with E-state index in [0.717, 1.165) is 67.2 Å². The van der Waals surface area contributed by atoms with Crippen molar-refractivity contribution in [2.24, 2.45) is 0 Å². The first-order chi connectivity index (χ1) is 12.6. The third-order valence-electron chi connectivity index (χ3n) is 5.57. The molecular weight excluding hydrogens is 328 g/mol. The van der Waals surface area contributed by atoms with Crippen LogP contribution in [0, 0.1) is 0 Å². The zero-order valence-electron chi connectivity index (χ0n) is 15.2. The normalized spacial score (nSPS) is 19.4. The number of carbonyl (C=O) groups is 2. The Morgan fingerprint density at radius 1 is 1.19 bits per heavy atom. The van der Waals surface area contributed by atoms with Crippen LogP contribution in [-0.4, -0.2) is 41.0 Å². The van der Waals surface area contributed by atoms with Gasteiger partial charge in [-0.3, -0.25) is 9.78 Å². The van der Waals surface area contributed by atoms with E-state index in [1.54, 1.807) is 0 Å². The molecule has 2 aromatic rings. The highest BCUT2D eigenvalue weighted by Crippen LogP contribution is 2.30. The summed E-state index contributed by atoms with van der Waals surface area (Å²) in [5, 5.41) is 0.817. The van der Waals surface area contributed by atoms with Crippen LogP contribution < -0.4 is 0 Å². The van der Waals surface area contributed by atoms with Gasteiger partial charge in [0.05, 0.1) is 11.1 Å². The van der Waals surface area contributed by atoms with Gasteiger partial charge in [0.25, 0.3) is 5.91 Å². The average Bonchev–Trinajstić information content (AvgIpc) is 3.12. The molecule has 4 rings (SSSR count). The van der Waals surface area contributed by atoms with Crippen molar-refractivity contribution in [1.82, 2.24) is 9.88 Å². The van der Waals surface area contributed by atoms with E-state index in [1.807, 2.05) is 29.2 Å². The summed E-state index contributed by atoms with van der Waals surface area (Å²) in [4.78, 5) is 31.9. The highest BCUT2D eigenvalue weighted by Gasteiger charge is 2.27. The van der Waals surface area contributed by atoms with Crippen LogP contribution >= 0.6 is 0 Å². The Hall–Kier alpha value is -2.43. The van der Waals surface area contributed by atoms with Gasteiger partial charge in [-0.25, -0.2) is 4.79 Å². The highest BCUT2D eigenvalue weighted by molar-refractivity contribution is 6.05. The standard InChI is InChI=1S/C21H24N2O3/c1-14-7-4-5-12-23(14)19(24)13-26-21(25)20-15-8-2-3-10-17(15)22-18-11-6-9-16(18)20/h2-3,8,10,14H,4-7,9,11-13H2,1H3. The smallest absolute Gasteiger partial charge is 0.339 e. The first kappa shape index (κ1) is 17.0. The van der Waals surface area contributed by atoms with Gasteiger partial charge in [0.2, 0.25) is 0 Å². The molecule has 0 spiro atoms. The number of hydrogen-bond acceptors (Lipinski definition) is 4. The molecule has 136 valence electrons. The van der Waals surface area contributed by atoms with Crippen molar-refractivity contribution in [2.75, 3.05) is 13.2 Å². The second-order valence-corrected chi connectivity index (χ2v) is 7.29. The molecular formula is C21H24N2O3. The summed E-state index contributed by atoms with van der Waals surface area (Å²) in [7, 11) is 0. The van der Waals surface area contributed by atoms with Crippen LogP contribution in [0.3, 0.4) is 0 Å². The largest absolute Gasteiger partial charge is 0.452 e. The minimum absolute atomic E-state index is 0.0967. The number of aromatic nitrogens is 1. The fourth-order valence-electron chi connectivity index (χ4n) is 4.20. The molecule has 1 fully saturated rings. The second-order valence-electron chi connectivity index (χ2n) is 7.29. The number of para-hydroxylation sites is 1. The van der Waals surface area contributed by atoms with Crippen molar-refractivity contribution in [1.29, 1.82) is 0 Å². The van der Waals surface area contributed by atoms with Gasteiger partial charge >= 0.3 is 5.97 Å². The molecule has 26 heavy (non-hydrogen) atoms. The van der Waals surface area contributed by atoms with Crippen molar-refractivity contribution >= 4 is 22.8 Å². The molecule has 2 aliphatic rings. The predicted octanol–water partition coefficient (Wildman–Crippen LogP) is 3.28. The van der Waals surface area contributed by atoms with Crippen LogP contribution in [0.5, 0.6) is 0 Å². The van der Waals surface area contributed by atoms with Crippen molar-refractivity contribution in [3.05, 3.63) is 41.1 Å². The lowest BCUT2D eigenvalue weighted by atomic mass is 10.0. The summed E-state index contributed by atoms with van der Waals surface area (Å²) in [6, 6.07) is 7.88. The molecule has 0 bridgehead atoms. The molecule has 0 radical (unpaired) electrons. The number of nitrogens with zero attached hydrogens (tertiary/aromatic N) is 2. The van der Waals surface area contributed by atoms with Gasteiger partial charge in [0.15, 0.2) is 6.61 Å². The van der Waals surface area contributed by atoms with E-state index in [-0.39, 0.29) is 18.6 Å². The summed E-state index contributed by atoms with van der Waals surface area (Å²) in [5.41, 5.74) is 3.40. The van der Waals surface area contributed by atoms with Crippen LogP contribution in [0.1, 0.15) is 54.2 Å². The predicted molar refractivity (Wildman–Crippen MR) is 99.1 cm³/mol. The van der Waals surface area contributed by atoms with E-state index in [0.29, 0.717) is 5.56 Å². The van der Waals surface area contributed by atoms with Gasteiger partial charge in [-0.05, 0) is 57.1 Å². The number of pyridine rings is 1. The number of hydrogen-bond donors (Lipinski definition) is 0. The monoisotopic (exact) mass is 352 g/mol. The molecule has 0 N–H and O–H groups in total. The van der Waals surface area contributed by atoms with Gasteiger partial charge in [-0.1, -0.05) is 18.2 Å². The van der Waals surface area contributed by atoms with Crippen molar-refractivity contribution in [3.8, 4) is 0 Å². The molecule has 1 amide bonds. The topological polar surface area (TPSA) is 59.5 Å². The van der Waals surface area contributed by atoms with E-state index < -0.39 is 5.97 Å². The van der Waals surface area contributed by atoms with E-state index in [1.165, 1.54) is 0 Å². The molecule has 5 heteroatoms. The summed E-state index contributed by atoms with van der Waals surface area (Å²) in [5.74, 6) is -0.500. The van der Waals surface area contributed by atoms with E-state index in [2.05, 4.69) is 6.92 Å². The SMILES string of the molecule is CC1CCCCN1C(=O)COC(=O)c1c2c(nc3ccccc13)CCC2. The van der Waals surface area contributed by atoms with Crippen LogP contribution in [0.25, 0.3) is 10.9 Å². The van der Waals surface area contributed by atoms with Crippen LogP contribution in [-0.2, 0) is 22.4 Å². The van der Waals surface area contributed by atoms with Gasteiger partial charge in [0, 0.05) is 23.7 Å². The molecule has 1 atom stereocenters. The quantitative estimate of drug-likeness (QED) is 0.796. The summed E-state index contributed by atoms with van der Waals surface area (Å²) < 4.78 is 5.47. The van der Waals surface area contributed by atoms with Crippen LogP contribution in [0.4, 0.5) is 0 Å². The molecule has 1 saturated heterocycles. The lowest BCUT2D eigenvalue weighted by Gasteiger charge is -2.33. The number of carbonyl (C=O) groups excluding carboxylic acids is 2. The van der Waals surface area contributed by atoms with Crippen LogP contribution in [0.15, 0.2) is 24.3 Å². The van der Waals surface area contributed by atoms with Crippen LogP contribution in [0.2, 0.25) is 0 Å². The van der Waals surface area contributed by atoms with E-state index >= 15 is 0 Å². The number of ether oxygens (including phenoxy) is 1. The molecule has 1 aliphatic heterocycles.